The van der Waals surface area contributed by atoms with Crippen LogP contribution in [0.3, 0.4) is 0 Å². The van der Waals surface area contributed by atoms with E-state index in [2.05, 4.69) is 11.1 Å². The second-order valence-electron chi connectivity index (χ2n) is 7.05. The average Bonchev–Trinajstić information content (AvgIpc) is 3.15. The summed E-state index contributed by atoms with van der Waals surface area (Å²) in [5, 5.41) is 18.7. The van der Waals surface area contributed by atoms with Crippen LogP contribution in [0.1, 0.15) is 33.6 Å². The first-order valence-electron chi connectivity index (χ1n) is 9.24. The van der Waals surface area contributed by atoms with E-state index in [1.54, 1.807) is 18.2 Å². The summed E-state index contributed by atoms with van der Waals surface area (Å²) in [4.78, 5) is 31.4. The standard InChI is InChI=1S/C20H19N5O3S/c21-9-12-4-1-2-5-13(12)10-25-18(26)17-15(8-16(29-17)19(27)28)23-20(25)24-7-3-6-14(22)11-24/h1-2,4-5,8,14H,3,6-7,10-11,22H2,(H,27,28). The molecule has 1 unspecified atom stereocenters. The van der Waals surface area contributed by atoms with E-state index in [-0.39, 0.29) is 23.0 Å². The van der Waals surface area contributed by atoms with Gasteiger partial charge in [0, 0.05) is 19.1 Å². The Morgan fingerprint density at radius 2 is 2.21 bits per heavy atom. The zero-order valence-electron chi connectivity index (χ0n) is 15.5. The Morgan fingerprint density at radius 1 is 1.41 bits per heavy atom. The van der Waals surface area contributed by atoms with E-state index in [4.69, 9.17) is 5.73 Å². The molecule has 0 aliphatic carbocycles. The fourth-order valence-corrected chi connectivity index (χ4v) is 4.50. The van der Waals surface area contributed by atoms with Crippen molar-refractivity contribution in [3.8, 4) is 6.07 Å². The smallest absolute Gasteiger partial charge is 0.345 e. The first-order chi connectivity index (χ1) is 14.0. The molecular weight excluding hydrogens is 390 g/mol. The lowest BCUT2D eigenvalue weighted by atomic mass is 10.1. The maximum absolute atomic E-state index is 13.3. The van der Waals surface area contributed by atoms with Crippen molar-refractivity contribution in [1.29, 1.82) is 5.26 Å². The Kier molecular flexibility index (Phi) is 5.05. The van der Waals surface area contributed by atoms with Crippen LogP contribution in [0.5, 0.6) is 0 Å². The molecule has 0 spiro atoms. The number of aromatic nitrogens is 2. The number of carboxylic acid groups (broad SMARTS) is 1. The lowest BCUT2D eigenvalue weighted by Gasteiger charge is -2.33. The zero-order valence-corrected chi connectivity index (χ0v) is 16.4. The molecule has 0 amide bonds. The summed E-state index contributed by atoms with van der Waals surface area (Å²) < 4.78 is 1.82. The number of hydrogen-bond donors (Lipinski definition) is 2. The van der Waals surface area contributed by atoms with Crippen molar-refractivity contribution < 1.29 is 9.90 Å². The Bertz CT molecular complexity index is 1190. The normalized spacial score (nSPS) is 16.7. The number of nitrogens with two attached hydrogens (primary N) is 1. The van der Waals surface area contributed by atoms with Gasteiger partial charge in [0.1, 0.15) is 9.58 Å². The summed E-state index contributed by atoms with van der Waals surface area (Å²) in [6, 6.07) is 10.7. The molecular formula is C20H19N5O3S. The number of nitriles is 1. The first kappa shape index (κ1) is 19.1. The van der Waals surface area contributed by atoms with Crippen molar-refractivity contribution in [1.82, 2.24) is 9.55 Å². The molecule has 1 fully saturated rings. The highest BCUT2D eigenvalue weighted by Crippen LogP contribution is 2.26. The molecule has 1 atom stereocenters. The van der Waals surface area contributed by atoms with Gasteiger partial charge >= 0.3 is 5.97 Å². The van der Waals surface area contributed by atoms with Crippen molar-refractivity contribution in [3.05, 3.63) is 56.7 Å². The van der Waals surface area contributed by atoms with Gasteiger partial charge in [0.2, 0.25) is 5.95 Å². The molecule has 3 heterocycles. The number of rotatable bonds is 4. The van der Waals surface area contributed by atoms with Crippen LogP contribution in [0.2, 0.25) is 0 Å². The van der Waals surface area contributed by atoms with Crippen molar-refractivity contribution >= 4 is 33.5 Å². The molecule has 0 radical (unpaired) electrons. The van der Waals surface area contributed by atoms with Crippen LogP contribution in [0.15, 0.2) is 35.1 Å². The van der Waals surface area contributed by atoms with E-state index in [0.717, 1.165) is 24.2 Å². The number of hydrogen-bond acceptors (Lipinski definition) is 7. The van der Waals surface area contributed by atoms with E-state index in [9.17, 15) is 20.0 Å². The van der Waals surface area contributed by atoms with E-state index >= 15 is 0 Å². The van der Waals surface area contributed by atoms with Crippen LogP contribution in [-0.2, 0) is 6.54 Å². The van der Waals surface area contributed by atoms with Gasteiger partial charge < -0.3 is 15.7 Å². The highest BCUT2D eigenvalue weighted by molar-refractivity contribution is 7.20. The fraction of sp³-hybridized carbons (Fsp3) is 0.300. The van der Waals surface area contributed by atoms with E-state index in [1.807, 2.05) is 11.0 Å². The highest BCUT2D eigenvalue weighted by atomic mass is 32.1. The van der Waals surface area contributed by atoms with Crippen LogP contribution < -0.4 is 16.2 Å². The number of piperidine rings is 1. The number of fused-ring (bicyclic) bond motifs is 1. The second kappa shape index (κ2) is 7.66. The third-order valence-corrected chi connectivity index (χ3v) is 6.13. The molecule has 9 heteroatoms. The van der Waals surface area contributed by atoms with E-state index in [0.29, 0.717) is 40.4 Å². The molecule has 1 saturated heterocycles. The van der Waals surface area contributed by atoms with Gasteiger partial charge in [-0.15, -0.1) is 11.3 Å². The number of thiophene rings is 1. The number of anilines is 1. The SMILES string of the molecule is N#Cc1ccccc1Cn1c(N2CCCC(N)C2)nc2cc(C(=O)O)sc2c1=O. The lowest BCUT2D eigenvalue weighted by molar-refractivity contribution is 0.0702. The van der Waals surface area contributed by atoms with Crippen LogP contribution in [-0.4, -0.2) is 39.8 Å². The average molecular weight is 409 g/mol. The van der Waals surface area contributed by atoms with Crippen molar-refractivity contribution in [3.63, 3.8) is 0 Å². The van der Waals surface area contributed by atoms with Gasteiger partial charge in [-0.1, -0.05) is 18.2 Å². The predicted molar refractivity (Wildman–Crippen MR) is 111 cm³/mol. The Labute approximate surface area is 170 Å². The third-order valence-electron chi connectivity index (χ3n) is 5.03. The summed E-state index contributed by atoms with van der Waals surface area (Å²) in [7, 11) is 0. The molecule has 3 N–H and O–H groups in total. The summed E-state index contributed by atoms with van der Waals surface area (Å²) in [6.45, 7) is 1.45. The first-order valence-corrected chi connectivity index (χ1v) is 10.1. The van der Waals surface area contributed by atoms with Crippen LogP contribution in [0.25, 0.3) is 10.2 Å². The van der Waals surface area contributed by atoms with Gasteiger partial charge in [-0.05, 0) is 30.5 Å². The molecule has 4 rings (SSSR count). The fourth-order valence-electron chi connectivity index (χ4n) is 3.62. The van der Waals surface area contributed by atoms with Crippen molar-refractivity contribution in [2.24, 2.45) is 5.73 Å². The zero-order chi connectivity index (χ0) is 20.5. The van der Waals surface area contributed by atoms with Crippen molar-refractivity contribution in [2.75, 3.05) is 18.0 Å². The minimum Gasteiger partial charge on any atom is -0.477 e. The van der Waals surface area contributed by atoms with Gasteiger partial charge in [0.15, 0.2) is 0 Å². The predicted octanol–water partition coefficient (Wildman–Crippen LogP) is 2.00. The summed E-state index contributed by atoms with van der Waals surface area (Å²) in [6.07, 6.45) is 1.79. The van der Waals surface area contributed by atoms with Crippen molar-refractivity contribution in [2.45, 2.75) is 25.4 Å². The molecule has 2 aromatic heterocycles. The molecule has 3 aromatic rings. The number of aromatic carboxylic acids is 1. The summed E-state index contributed by atoms with van der Waals surface area (Å²) >= 11 is 0.919. The van der Waals surface area contributed by atoms with Gasteiger partial charge in [-0.2, -0.15) is 5.26 Å². The van der Waals surface area contributed by atoms with E-state index in [1.165, 1.54) is 10.6 Å². The molecule has 0 saturated carbocycles. The molecule has 148 valence electrons. The lowest BCUT2D eigenvalue weighted by Crippen LogP contribution is -2.45. The van der Waals surface area contributed by atoms with Gasteiger partial charge in [-0.3, -0.25) is 9.36 Å². The molecule has 0 bridgehead atoms. The van der Waals surface area contributed by atoms with Crippen LogP contribution >= 0.6 is 11.3 Å². The molecule has 1 aliphatic heterocycles. The Balaban J connectivity index is 1.90. The number of nitrogens with zero attached hydrogens (tertiary/aromatic N) is 4. The maximum atomic E-state index is 13.3. The monoisotopic (exact) mass is 409 g/mol. The number of carboxylic acids is 1. The molecule has 1 aliphatic rings. The quantitative estimate of drug-likeness (QED) is 0.675. The number of carbonyl (C=O) groups is 1. The van der Waals surface area contributed by atoms with Gasteiger partial charge in [0.25, 0.3) is 5.56 Å². The maximum Gasteiger partial charge on any atom is 0.345 e. The third kappa shape index (κ3) is 3.60. The summed E-state index contributed by atoms with van der Waals surface area (Å²) in [5.74, 6) is -0.629. The van der Waals surface area contributed by atoms with Gasteiger partial charge in [-0.25, -0.2) is 9.78 Å². The highest BCUT2D eigenvalue weighted by Gasteiger charge is 2.24. The van der Waals surface area contributed by atoms with Gasteiger partial charge in [0.05, 0.1) is 23.7 Å². The second-order valence-corrected chi connectivity index (χ2v) is 8.10. The van der Waals surface area contributed by atoms with Crippen LogP contribution in [0.4, 0.5) is 5.95 Å². The Hall–Kier alpha value is -3.22. The largest absolute Gasteiger partial charge is 0.477 e. The summed E-state index contributed by atoms with van der Waals surface area (Å²) in [5.41, 5.74) is 7.38. The molecule has 1 aromatic carbocycles. The Morgan fingerprint density at radius 3 is 2.93 bits per heavy atom. The molecule has 29 heavy (non-hydrogen) atoms. The van der Waals surface area contributed by atoms with E-state index < -0.39 is 5.97 Å². The minimum atomic E-state index is -1.09. The molecule has 8 nitrogen and oxygen atoms in total. The van der Waals surface area contributed by atoms with Crippen LogP contribution in [0, 0.1) is 11.3 Å². The minimum absolute atomic E-state index is 0.0201. The topological polar surface area (TPSA) is 125 Å². The number of benzene rings is 1.